The minimum atomic E-state index is 0.343. The monoisotopic (exact) mass is 393 g/mol. The molecule has 2 aliphatic heterocycles. The van der Waals surface area contributed by atoms with Crippen LogP contribution in [0.15, 0.2) is 6.07 Å². The molecule has 1 aromatic rings. The number of rotatable bonds is 5. The van der Waals surface area contributed by atoms with Crippen LogP contribution in [0.3, 0.4) is 0 Å². The average Bonchev–Trinajstić information content (AvgIpc) is 2.68. The fraction of sp³-hybridized carbons (Fsp3) is 0.737. The van der Waals surface area contributed by atoms with Crippen molar-refractivity contribution in [2.24, 2.45) is 0 Å². The zero-order valence-electron chi connectivity index (χ0n) is 16.8. The van der Waals surface area contributed by atoms with Crippen LogP contribution in [0.1, 0.15) is 31.3 Å². The summed E-state index contributed by atoms with van der Waals surface area (Å²) in [5.41, 5.74) is 1.04. The quantitative estimate of drug-likeness (QED) is 0.673. The molecule has 0 spiro atoms. The van der Waals surface area contributed by atoms with Gasteiger partial charge >= 0.3 is 0 Å². The molecule has 0 radical (unpaired) electrons. The van der Waals surface area contributed by atoms with E-state index in [0.717, 1.165) is 88.0 Å². The van der Waals surface area contributed by atoms with E-state index < -0.39 is 0 Å². The second kappa shape index (κ2) is 9.61. The lowest BCUT2D eigenvalue weighted by Crippen LogP contribution is -3.14. The standard InChI is InChI=1S/C19H32N6OS/c1-15(2)18-21-16(3)14-17(22-18)24-6-8-25(9-7-24)19(27)20-4-5-23-10-12-26-13-11-23/h14-15H,4-13H2,1-3H3,(H,20,27)/p+1. The lowest BCUT2D eigenvalue weighted by Gasteiger charge is -2.37. The number of hydrogen-bond acceptors (Lipinski definition) is 5. The molecular weight excluding hydrogens is 360 g/mol. The molecule has 0 aromatic carbocycles. The Kier molecular flexibility index (Phi) is 7.20. The summed E-state index contributed by atoms with van der Waals surface area (Å²) >= 11 is 5.61. The van der Waals surface area contributed by atoms with E-state index in [-0.39, 0.29) is 0 Å². The van der Waals surface area contributed by atoms with Crippen LogP contribution in [0.25, 0.3) is 0 Å². The highest BCUT2D eigenvalue weighted by molar-refractivity contribution is 7.80. The van der Waals surface area contributed by atoms with Gasteiger partial charge in [0, 0.05) is 43.9 Å². The van der Waals surface area contributed by atoms with Crippen LogP contribution in [0.2, 0.25) is 0 Å². The zero-order chi connectivity index (χ0) is 19.2. The first-order valence-electron chi connectivity index (χ1n) is 10.1. The molecule has 1 aromatic heterocycles. The number of thiocarbonyl (C=S) groups is 1. The van der Waals surface area contributed by atoms with E-state index in [1.165, 1.54) is 0 Å². The van der Waals surface area contributed by atoms with Crippen LogP contribution in [0.4, 0.5) is 5.82 Å². The smallest absolute Gasteiger partial charge is 0.169 e. The van der Waals surface area contributed by atoms with Crippen LogP contribution >= 0.6 is 12.2 Å². The van der Waals surface area contributed by atoms with Crippen LogP contribution in [-0.4, -0.2) is 85.6 Å². The summed E-state index contributed by atoms with van der Waals surface area (Å²) in [6, 6.07) is 2.09. The fourth-order valence-electron chi connectivity index (χ4n) is 3.50. The largest absolute Gasteiger partial charge is 0.370 e. The summed E-state index contributed by atoms with van der Waals surface area (Å²) in [6.07, 6.45) is 0. The maximum Gasteiger partial charge on any atom is 0.169 e. The molecule has 27 heavy (non-hydrogen) atoms. The van der Waals surface area contributed by atoms with E-state index in [9.17, 15) is 0 Å². The number of morpholine rings is 1. The molecular formula is C19H33N6OS+. The minimum Gasteiger partial charge on any atom is -0.370 e. The molecule has 0 atom stereocenters. The summed E-state index contributed by atoms with van der Waals surface area (Å²) in [5.74, 6) is 2.31. The molecule has 0 bridgehead atoms. The van der Waals surface area contributed by atoms with Crippen molar-refractivity contribution in [3.63, 3.8) is 0 Å². The first kappa shape index (κ1) is 20.2. The zero-order valence-corrected chi connectivity index (χ0v) is 17.6. The van der Waals surface area contributed by atoms with Gasteiger partial charge in [-0.3, -0.25) is 0 Å². The Labute approximate surface area is 168 Å². The number of quaternary nitrogens is 1. The summed E-state index contributed by atoms with van der Waals surface area (Å²) in [6.45, 7) is 16.0. The summed E-state index contributed by atoms with van der Waals surface area (Å²) in [4.78, 5) is 15.5. The summed E-state index contributed by atoms with van der Waals surface area (Å²) in [7, 11) is 0. The first-order valence-corrected chi connectivity index (χ1v) is 10.5. The highest BCUT2D eigenvalue weighted by Crippen LogP contribution is 2.18. The molecule has 2 saturated heterocycles. The first-order chi connectivity index (χ1) is 13.0. The third-order valence-corrected chi connectivity index (χ3v) is 5.62. The Bertz CT molecular complexity index is 627. The second-order valence-electron chi connectivity index (χ2n) is 7.70. The van der Waals surface area contributed by atoms with Crippen LogP contribution in [0, 0.1) is 6.92 Å². The van der Waals surface area contributed by atoms with Gasteiger partial charge in [0.25, 0.3) is 0 Å². The minimum absolute atomic E-state index is 0.343. The fourth-order valence-corrected chi connectivity index (χ4v) is 3.79. The molecule has 3 heterocycles. The van der Waals surface area contributed by atoms with Gasteiger partial charge in [-0.1, -0.05) is 13.8 Å². The lowest BCUT2D eigenvalue weighted by molar-refractivity contribution is -0.906. The van der Waals surface area contributed by atoms with Gasteiger partial charge in [0.1, 0.15) is 24.7 Å². The van der Waals surface area contributed by atoms with Crippen LogP contribution in [0.5, 0.6) is 0 Å². The van der Waals surface area contributed by atoms with E-state index >= 15 is 0 Å². The molecule has 0 aliphatic carbocycles. The van der Waals surface area contributed by atoms with Gasteiger partial charge in [-0.2, -0.15) is 0 Å². The Morgan fingerprint density at radius 2 is 1.93 bits per heavy atom. The Balaban J connectivity index is 1.45. The van der Waals surface area contributed by atoms with Crippen molar-refractivity contribution in [1.29, 1.82) is 0 Å². The Morgan fingerprint density at radius 3 is 2.59 bits per heavy atom. The SMILES string of the molecule is Cc1cc(N2CCN(C(=S)NCC[NH+]3CCOCC3)CC2)nc(C(C)C)n1. The second-order valence-corrected chi connectivity index (χ2v) is 8.09. The van der Waals surface area contributed by atoms with E-state index in [1.807, 2.05) is 6.92 Å². The number of nitrogens with zero attached hydrogens (tertiary/aromatic N) is 4. The molecule has 150 valence electrons. The number of anilines is 1. The third kappa shape index (κ3) is 5.73. The van der Waals surface area contributed by atoms with Crippen molar-refractivity contribution in [2.75, 3.05) is 70.5 Å². The number of piperazine rings is 1. The molecule has 3 rings (SSSR count). The molecule has 0 saturated carbocycles. The predicted molar refractivity (Wildman–Crippen MR) is 112 cm³/mol. The Morgan fingerprint density at radius 1 is 1.22 bits per heavy atom. The molecule has 7 nitrogen and oxygen atoms in total. The maximum atomic E-state index is 5.61. The van der Waals surface area contributed by atoms with Crippen molar-refractivity contribution in [3.05, 3.63) is 17.6 Å². The van der Waals surface area contributed by atoms with Gasteiger partial charge < -0.3 is 24.8 Å². The molecule has 8 heteroatoms. The molecule has 0 unspecified atom stereocenters. The normalized spacial score (nSPS) is 18.8. The highest BCUT2D eigenvalue weighted by atomic mass is 32.1. The van der Waals surface area contributed by atoms with Crippen LogP contribution in [-0.2, 0) is 4.74 Å². The van der Waals surface area contributed by atoms with Gasteiger partial charge in [0.05, 0.1) is 26.3 Å². The predicted octanol–water partition coefficient (Wildman–Crippen LogP) is -0.180. The van der Waals surface area contributed by atoms with E-state index in [4.69, 9.17) is 21.9 Å². The maximum absolute atomic E-state index is 5.61. The summed E-state index contributed by atoms with van der Waals surface area (Å²) < 4.78 is 5.41. The van der Waals surface area contributed by atoms with E-state index in [2.05, 4.69) is 40.0 Å². The van der Waals surface area contributed by atoms with Gasteiger partial charge in [0.2, 0.25) is 0 Å². The number of ether oxygens (including phenoxy) is 1. The topological polar surface area (TPSA) is 58.0 Å². The lowest BCUT2D eigenvalue weighted by atomic mass is 10.2. The van der Waals surface area contributed by atoms with Gasteiger partial charge in [0.15, 0.2) is 5.11 Å². The number of nitrogens with one attached hydrogen (secondary N) is 2. The van der Waals surface area contributed by atoms with E-state index in [0.29, 0.717) is 5.92 Å². The van der Waals surface area contributed by atoms with Crippen molar-refractivity contribution in [2.45, 2.75) is 26.7 Å². The number of aromatic nitrogens is 2. The van der Waals surface area contributed by atoms with Crippen molar-refractivity contribution in [1.82, 2.24) is 20.2 Å². The molecule has 2 N–H and O–H groups in total. The van der Waals surface area contributed by atoms with Crippen LogP contribution < -0.4 is 15.1 Å². The van der Waals surface area contributed by atoms with Crippen molar-refractivity contribution < 1.29 is 9.64 Å². The van der Waals surface area contributed by atoms with E-state index in [1.54, 1.807) is 4.90 Å². The van der Waals surface area contributed by atoms with Gasteiger partial charge in [-0.25, -0.2) is 9.97 Å². The third-order valence-electron chi connectivity index (χ3n) is 5.22. The molecule has 2 fully saturated rings. The average molecular weight is 394 g/mol. The number of aryl methyl sites for hydroxylation is 1. The van der Waals surface area contributed by atoms with Gasteiger partial charge in [-0.15, -0.1) is 0 Å². The van der Waals surface area contributed by atoms with Gasteiger partial charge in [-0.05, 0) is 19.1 Å². The Hall–Kier alpha value is -1.51. The summed E-state index contributed by atoms with van der Waals surface area (Å²) in [5, 5.41) is 4.32. The molecule has 0 amide bonds. The van der Waals surface area contributed by atoms with Crippen molar-refractivity contribution in [3.8, 4) is 0 Å². The van der Waals surface area contributed by atoms with Crippen molar-refractivity contribution >= 4 is 23.1 Å². The highest BCUT2D eigenvalue weighted by Gasteiger charge is 2.21. The molecule has 2 aliphatic rings. The number of hydrogen-bond donors (Lipinski definition) is 2.